The first-order valence-corrected chi connectivity index (χ1v) is 5.22. The predicted octanol–water partition coefficient (Wildman–Crippen LogP) is 2.66. The molecule has 0 aromatic rings. The Bertz CT molecular complexity index is 158. The van der Waals surface area contributed by atoms with Crippen LogP contribution in [0.1, 0.15) is 40.5 Å². The number of hydrogen-bond acceptors (Lipinski definition) is 2. The van der Waals surface area contributed by atoms with Crippen molar-refractivity contribution in [3.8, 4) is 6.07 Å². The van der Waals surface area contributed by atoms with Crippen molar-refractivity contribution in [2.24, 2.45) is 5.92 Å². The summed E-state index contributed by atoms with van der Waals surface area (Å²) in [6.45, 7) is 11.0. The van der Waals surface area contributed by atoms with Crippen LogP contribution in [0.5, 0.6) is 0 Å². The number of nitriles is 1. The Kier molecular flexibility index (Phi) is 6.62. The monoisotopic (exact) mass is 182 g/mol. The molecule has 0 aliphatic heterocycles. The van der Waals surface area contributed by atoms with E-state index in [0.717, 1.165) is 13.1 Å². The minimum Gasteiger partial charge on any atom is -0.301 e. The Morgan fingerprint density at radius 2 is 1.92 bits per heavy atom. The zero-order valence-electron chi connectivity index (χ0n) is 9.38. The van der Waals surface area contributed by atoms with Gasteiger partial charge in [0.05, 0.1) is 6.07 Å². The number of nitrogens with zero attached hydrogens (tertiary/aromatic N) is 2. The molecule has 0 N–H and O–H groups in total. The number of hydrogen-bond donors (Lipinski definition) is 0. The van der Waals surface area contributed by atoms with Crippen molar-refractivity contribution in [2.75, 3.05) is 13.1 Å². The van der Waals surface area contributed by atoms with Crippen LogP contribution in [0.25, 0.3) is 0 Å². The van der Waals surface area contributed by atoms with Gasteiger partial charge in [-0.3, -0.25) is 0 Å². The largest absolute Gasteiger partial charge is 0.301 e. The molecule has 0 spiro atoms. The lowest BCUT2D eigenvalue weighted by atomic mass is 10.1. The van der Waals surface area contributed by atoms with Crippen LogP contribution in [-0.4, -0.2) is 24.0 Å². The maximum Gasteiger partial charge on any atom is 0.0625 e. The van der Waals surface area contributed by atoms with E-state index in [1.54, 1.807) is 0 Å². The molecule has 2 heteroatoms. The highest BCUT2D eigenvalue weighted by Crippen LogP contribution is 2.08. The van der Waals surface area contributed by atoms with Crippen LogP contribution in [0.3, 0.4) is 0 Å². The standard InChI is InChI=1S/C11H22N2/c1-5-8-13(10(2)3)9-11(4)6-7-12/h10-11H,5-6,8-9H2,1-4H3. The highest BCUT2D eigenvalue weighted by molar-refractivity contribution is 4.76. The zero-order valence-corrected chi connectivity index (χ0v) is 9.38. The maximum atomic E-state index is 8.55. The van der Waals surface area contributed by atoms with E-state index in [0.29, 0.717) is 18.4 Å². The first kappa shape index (κ1) is 12.4. The lowest BCUT2D eigenvalue weighted by molar-refractivity contribution is 0.194. The van der Waals surface area contributed by atoms with Crippen LogP contribution in [-0.2, 0) is 0 Å². The fraction of sp³-hybridized carbons (Fsp3) is 0.909. The lowest BCUT2D eigenvalue weighted by Crippen LogP contribution is -2.35. The predicted molar refractivity (Wildman–Crippen MR) is 56.4 cm³/mol. The molecule has 0 aromatic heterocycles. The minimum absolute atomic E-state index is 0.499. The minimum atomic E-state index is 0.499. The van der Waals surface area contributed by atoms with Gasteiger partial charge in [0, 0.05) is 19.0 Å². The molecule has 0 aliphatic carbocycles. The molecule has 0 amide bonds. The van der Waals surface area contributed by atoms with Gasteiger partial charge in [-0.05, 0) is 32.7 Å². The van der Waals surface area contributed by atoms with Crippen LogP contribution in [0, 0.1) is 17.2 Å². The lowest BCUT2D eigenvalue weighted by Gasteiger charge is -2.28. The van der Waals surface area contributed by atoms with E-state index in [1.165, 1.54) is 6.42 Å². The normalized spacial score (nSPS) is 13.3. The van der Waals surface area contributed by atoms with Crippen molar-refractivity contribution in [3.63, 3.8) is 0 Å². The van der Waals surface area contributed by atoms with Gasteiger partial charge in [0.25, 0.3) is 0 Å². The molecule has 0 aliphatic rings. The molecule has 2 nitrogen and oxygen atoms in total. The summed E-state index contributed by atoms with van der Waals surface area (Å²) in [5.74, 6) is 0.499. The van der Waals surface area contributed by atoms with Crippen molar-refractivity contribution in [1.29, 1.82) is 5.26 Å². The summed E-state index contributed by atoms with van der Waals surface area (Å²) in [5.41, 5.74) is 0. The summed E-state index contributed by atoms with van der Waals surface area (Å²) in [6.07, 6.45) is 1.87. The van der Waals surface area contributed by atoms with Crippen LogP contribution in [0.15, 0.2) is 0 Å². The summed E-state index contributed by atoms with van der Waals surface area (Å²) in [6, 6.07) is 2.83. The molecule has 1 unspecified atom stereocenters. The van der Waals surface area contributed by atoms with Crippen LogP contribution in [0.4, 0.5) is 0 Å². The second-order valence-electron chi connectivity index (χ2n) is 4.06. The van der Waals surface area contributed by atoms with Gasteiger partial charge in [0.1, 0.15) is 0 Å². The third-order valence-corrected chi connectivity index (χ3v) is 2.23. The van der Waals surface area contributed by atoms with Gasteiger partial charge >= 0.3 is 0 Å². The first-order valence-electron chi connectivity index (χ1n) is 5.22. The molecule has 13 heavy (non-hydrogen) atoms. The summed E-state index contributed by atoms with van der Waals surface area (Å²) in [7, 11) is 0. The second-order valence-corrected chi connectivity index (χ2v) is 4.06. The van der Waals surface area contributed by atoms with Gasteiger partial charge in [-0.25, -0.2) is 0 Å². The molecule has 0 rings (SSSR count). The average molecular weight is 182 g/mol. The Morgan fingerprint density at radius 1 is 1.31 bits per heavy atom. The molecule has 76 valence electrons. The van der Waals surface area contributed by atoms with Crippen molar-refractivity contribution >= 4 is 0 Å². The van der Waals surface area contributed by atoms with E-state index in [9.17, 15) is 0 Å². The fourth-order valence-corrected chi connectivity index (χ4v) is 1.47. The highest BCUT2D eigenvalue weighted by Gasteiger charge is 2.11. The smallest absolute Gasteiger partial charge is 0.0625 e. The second kappa shape index (κ2) is 6.91. The fourth-order valence-electron chi connectivity index (χ4n) is 1.47. The van der Waals surface area contributed by atoms with Crippen molar-refractivity contribution < 1.29 is 0 Å². The molecule has 0 heterocycles. The van der Waals surface area contributed by atoms with E-state index in [-0.39, 0.29) is 0 Å². The van der Waals surface area contributed by atoms with E-state index < -0.39 is 0 Å². The van der Waals surface area contributed by atoms with E-state index >= 15 is 0 Å². The quantitative estimate of drug-likeness (QED) is 0.631. The van der Waals surface area contributed by atoms with Crippen LogP contribution >= 0.6 is 0 Å². The molecular formula is C11H22N2. The van der Waals surface area contributed by atoms with Gasteiger partial charge < -0.3 is 4.90 Å². The van der Waals surface area contributed by atoms with Crippen molar-refractivity contribution in [3.05, 3.63) is 0 Å². The van der Waals surface area contributed by atoms with Gasteiger partial charge in [0.15, 0.2) is 0 Å². The Balaban J connectivity index is 3.87. The van der Waals surface area contributed by atoms with Crippen molar-refractivity contribution in [2.45, 2.75) is 46.6 Å². The highest BCUT2D eigenvalue weighted by atomic mass is 15.1. The van der Waals surface area contributed by atoms with Gasteiger partial charge in [-0.1, -0.05) is 13.8 Å². The van der Waals surface area contributed by atoms with E-state index in [1.807, 2.05) is 0 Å². The van der Waals surface area contributed by atoms with Crippen LogP contribution < -0.4 is 0 Å². The molecule has 0 fully saturated rings. The SMILES string of the molecule is CCCN(CC(C)CC#N)C(C)C. The third-order valence-electron chi connectivity index (χ3n) is 2.23. The first-order chi connectivity index (χ1) is 6.11. The average Bonchev–Trinajstić information content (AvgIpc) is 2.04. The third kappa shape index (κ3) is 5.65. The van der Waals surface area contributed by atoms with Crippen molar-refractivity contribution in [1.82, 2.24) is 4.90 Å². The molecule has 0 saturated heterocycles. The molecular weight excluding hydrogens is 160 g/mol. The molecule has 1 atom stereocenters. The van der Waals surface area contributed by atoms with E-state index in [2.05, 4.69) is 38.7 Å². The Morgan fingerprint density at radius 3 is 2.31 bits per heavy atom. The van der Waals surface area contributed by atoms with Gasteiger partial charge in [0.2, 0.25) is 0 Å². The van der Waals surface area contributed by atoms with Gasteiger partial charge in [-0.2, -0.15) is 5.26 Å². The maximum absolute atomic E-state index is 8.55. The van der Waals surface area contributed by atoms with Crippen LogP contribution in [0.2, 0.25) is 0 Å². The topological polar surface area (TPSA) is 27.0 Å². The summed E-state index contributed by atoms with van der Waals surface area (Å²) >= 11 is 0. The molecule has 0 saturated carbocycles. The Hall–Kier alpha value is -0.550. The summed E-state index contributed by atoms with van der Waals surface area (Å²) in [5, 5.41) is 8.55. The summed E-state index contributed by atoms with van der Waals surface area (Å²) in [4.78, 5) is 2.45. The van der Waals surface area contributed by atoms with Gasteiger partial charge in [-0.15, -0.1) is 0 Å². The molecule has 0 bridgehead atoms. The summed E-state index contributed by atoms with van der Waals surface area (Å²) < 4.78 is 0. The Labute approximate surface area is 82.5 Å². The molecule has 0 aromatic carbocycles. The van der Waals surface area contributed by atoms with E-state index in [4.69, 9.17) is 5.26 Å². The zero-order chi connectivity index (χ0) is 10.3. The number of rotatable bonds is 6. The molecule has 0 radical (unpaired) electrons.